The van der Waals surface area contributed by atoms with Gasteiger partial charge in [-0.2, -0.15) is 0 Å². The second kappa shape index (κ2) is 5.50. The van der Waals surface area contributed by atoms with Gasteiger partial charge >= 0.3 is 0 Å². The summed E-state index contributed by atoms with van der Waals surface area (Å²) in [5, 5.41) is 3.82. The monoisotopic (exact) mass is 311 g/mol. The maximum atomic E-state index is 2.74. The number of hydrogen-bond donors (Lipinski definition) is 0. The number of piperidine rings is 1. The summed E-state index contributed by atoms with van der Waals surface area (Å²) < 4.78 is 1.43. The summed E-state index contributed by atoms with van der Waals surface area (Å²) in [6.07, 6.45) is 8.81. The van der Waals surface area contributed by atoms with E-state index in [-0.39, 0.29) is 0 Å². The largest absolute Gasteiger partial charge is 0.295 e. The summed E-state index contributed by atoms with van der Waals surface area (Å²) in [7, 11) is 0. The average molecular weight is 311 g/mol. The highest BCUT2D eigenvalue weighted by Crippen LogP contribution is 2.45. The molecule has 2 bridgehead atoms. The maximum Gasteiger partial charge on any atom is 0.0345 e. The normalized spacial score (nSPS) is 31.2. The zero-order valence-corrected chi connectivity index (χ0v) is 14.4. The predicted octanol–water partition coefficient (Wildman–Crippen LogP) is 5.12. The molecule has 1 fully saturated rings. The van der Waals surface area contributed by atoms with Gasteiger partial charge in [-0.05, 0) is 53.0 Å². The highest BCUT2D eigenvalue weighted by molar-refractivity contribution is 7.17. The van der Waals surface area contributed by atoms with Crippen LogP contribution in [0.4, 0.5) is 0 Å². The molecule has 1 aliphatic carbocycles. The van der Waals surface area contributed by atoms with Crippen LogP contribution in [-0.4, -0.2) is 24.0 Å². The van der Waals surface area contributed by atoms with Gasteiger partial charge in [0.15, 0.2) is 0 Å². The first-order valence-electron chi connectivity index (χ1n) is 8.57. The fraction of sp³-hybridized carbons (Fsp3) is 0.500. The van der Waals surface area contributed by atoms with Gasteiger partial charge in [-0.15, -0.1) is 11.3 Å². The van der Waals surface area contributed by atoms with E-state index in [1.165, 1.54) is 48.0 Å². The summed E-state index contributed by atoms with van der Waals surface area (Å²) in [6, 6.07) is 9.47. The van der Waals surface area contributed by atoms with E-state index in [4.69, 9.17) is 0 Å². The van der Waals surface area contributed by atoms with Crippen LogP contribution < -0.4 is 0 Å². The quantitative estimate of drug-likeness (QED) is 0.708. The molecule has 1 aromatic heterocycles. The highest BCUT2D eigenvalue weighted by Gasteiger charge is 2.44. The van der Waals surface area contributed by atoms with Crippen LogP contribution in [0.15, 0.2) is 41.8 Å². The third-order valence-electron chi connectivity index (χ3n) is 5.91. The van der Waals surface area contributed by atoms with Crippen LogP contribution in [0.5, 0.6) is 0 Å². The van der Waals surface area contributed by atoms with E-state index in [0.29, 0.717) is 11.5 Å². The van der Waals surface area contributed by atoms with Gasteiger partial charge < -0.3 is 0 Å². The molecule has 3 aliphatic rings. The van der Waals surface area contributed by atoms with Crippen LogP contribution in [0, 0.1) is 11.3 Å². The van der Waals surface area contributed by atoms with Crippen molar-refractivity contribution in [1.82, 2.24) is 4.90 Å². The molecule has 0 radical (unpaired) electrons. The molecule has 116 valence electrons. The Kier molecular flexibility index (Phi) is 3.62. The lowest BCUT2D eigenvalue weighted by molar-refractivity contribution is 0.0167. The summed E-state index contributed by atoms with van der Waals surface area (Å²) in [6.45, 7) is 7.31. The van der Waals surface area contributed by atoms with Crippen molar-refractivity contribution < 1.29 is 0 Å². The van der Waals surface area contributed by atoms with Crippen molar-refractivity contribution in [3.63, 3.8) is 0 Å². The fourth-order valence-electron chi connectivity index (χ4n) is 4.46. The fourth-order valence-corrected chi connectivity index (χ4v) is 5.46. The van der Waals surface area contributed by atoms with Gasteiger partial charge in [-0.3, -0.25) is 4.90 Å². The lowest BCUT2D eigenvalue weighted by atomic mass is 9.65. The standard InChI is InChI=1S/C20H25NS/c1-3-20(2)12-15-8-9-19(20)21(13-15)11-10-16-14-22-18-7-5-4-6-17(16)18/h4-9,14-15,19H,3,10-13H2,1-2H3. The van der Waals surface area contributed by atoms with Gasteiger partial charge in [0, 0.05) is 23.8 Å². The van der Waals surface area contributed by atoms with Crippen molar-refractivity contribution in [1.29, 1.82) is 0 Å². The van der Waals surface area contributed by atoms with Crippen molar-refractivity contribution in [2.75, 3.05) is 13.1 Å². The van der Waals surface area contributed by atoms with Gasteiger partial charge in [0.1, 0.15) is 0 Å². The van der Waals surface area contributed by atoms with Crippen molar-refractivity contribution in [2.45, 2.75) is 39.2 Å². The lowest BCUT2D eigenvalue weighted by Gasteiger charge is -2.52. The molecule has 0 amide bonds. The minimum atomic E-state index is 0.481. The van der Waals surface area contributed by atoms with E-state index >= 15 is 0 Å². The molecule has 2 heteroatoms. The first kappa shape index (κ1) is 14.5. The van der Waals surface area contributed by atoms with Crippen molar-refractivity contribution in [2.24, 2.45) is 11.3 Å². The topological polar surface area (TPSA) is 3.24 Å². The van der Waals surface area contributed by atoms with E-state index in [9.17, 15) is 0 Å². The molecular weight excluding hydrogens is 286 g/mol. The molecule has 3 unspecified atom stereocenters. The third-order valence-corrected chi connectivity index (χ3v) is 6.92. The number of fused-ring (bicyclic) bond motifs is 3. The maximum absolute atomic E-state index is 2.74. The zero-order chi connectivity index (χ0) is 15.2. The van der Waals surface area contributed by atoms with Crippen LogP contribution in [0.2, 0.25) is 0 Å². The van der Waals surface area contributed by atoms with E-state index in [2.05, 4.69) is 60.5 Å². The van der Waals surface area contributed by atoms with Gasteiger partial charge in [-0.25, -0.2) is 0 Å². The Labute approximate surface area is 137 Å². The number of rotatable bonds is 4. The minimum absolute atomic E-state index is 0.481. The Morgan fingerprint density at radius 3 is 2.95 bits per heavy atom. The van der Waals surface area contributed by atoms with Gasteiger partial charge in [-0.1, -0.05) is 44.2 Å². The Morgan fingerprint density at radius 1 is 1.27 bits per heavy atom. The molecular formula is C20H25NS. The molecule has 22 heavy (non-hydrogen) atoms. The van der Waals surface area contributed by atoms with E-state index in [0.717, 1.165) is 5.92 Å². The lowest BCUT2D eigenvalue weighted by Crippen LogP contribution is -2.55. The van der Waals surface area contributed by atoms with Crippen LogP contribution >= 0.6 is 11.3 Å². The summed E-state index contributed by atoms with van der Waals surface area (Å²) in [5.41, 5.74) is 2.01. The third kappa shape index (κ3) is 2.33. The van der Waals surface area contributed by atoms with Crippen molar-refractivity contribution in [3.8, 4) is 0 Å². The Hall–Kier alpha value is -1.12. The number of thiophene rings is 1. The zero-order valence-electron chi connectivity index (χ0n) is 13.6. The van der Waals surface area contributed by atoms with Gasteiger partial charge in [0.2, 0.25) is 0 Å². The van der Waals surface area contributed by atoms with Crippen LogP contribution in [0.25, 0.3) is 10.1 Å². The van der Waals surface area contributed by atoms with Crippen LogP contribution in [-0.2, 0) is 6.42 Å². The van der Waals surface area contributed by atoms with Crippen LogP contribution in [0.1, 0.15) is 32.3 Å². The summed E-state index contributed by atoms with van der Waals surface area (Å²) >= 11 is 1.89. The van der Waals surface area contributed by atoms with Crippen molar-refractivity contribution >= 4 is 21.4 Å². The molecule has 1 saturated heterocycles. The average Bonchev–Trinajstić information content (AvgIpc) is 2.96. The Bertz CT molecular complexity index is 701. The Morgan fingerprint density at radius 2 is 2.14 bits per heavy atom. The number of nitrogens with zero attached hydrogens (tertiary/aromatic N) is 1. The minimum Gasteiger partial charge on any atom is -0.295 e. The predicted molar refractivity (Wildman–Crippen MR) is 96.5 cm³/mol. The smallest absolute Gasteiger partial charge is 0.0345 e. The number of hydrogen-bond acceptors (Lipinski definition) is 2. The SMILES string of the molecule is CCC1(C)CC2C=CC1N(CCc1csc3ccccc13)C2. The molecule has 3 heterocycles. The number of benzene rings is 1. The van der Waals surface area contributed by atoms with Gasteiger partial charge in [0.25, 0.3) is 0 Å². The van der Waals surface area contributed by atoms with E-state index in [1.807, 2.05) is 11.3 Å². The van der Waals surface area contributed by atoms with E-state index in [1.54, 1.807) is 0 Å². The molecule has 2 aliphatic heterocycles. The second-order valence-corrected chi connectivity index (χ2v) is 8.21. The molecule has 1 aromatic carbocycles. The second-order valence-electron chi connectivity index (χ2n) is 7.30. The van der Waals surface area contributed by atoms with Crippen LogP contribution in [0.3, 0.4) is 0 Å². The molecule has 2 aromatic rings. The van der Waals surface area contributed by atoms with Crippen molar-refractivity contribution in [3.05, 3.63) is 47.4 Å². The summed E-state index contributed by atoms with van der Waals surface area (Å²) in [5.74, 6) is 0.772. The highest BCUT2D eigenvalue weighted by atomic mass is 32.1. The molecule has 3 atom stereocenters. The molecule has 0 N–H and O–H groups in total. The van der Waals surface area contributed by atoms with Gasteiger partial charge in [0.05, 0.1) is 0 Å². The molecule has 0 spiro atoms. The molecule has 5 rings (SSSR count). The van der Waals surface area contributed by atoms with E-state index < -0.39 is 0 Å². The molecule has 1 nitrogen and oxygen atoms in total. The Balaban J connectivity index is 1.51. The first-order chi connectivity index (χ1) is 10.7. The first-order valence-corrected chi connectivity index (χ1v) is 9.45. The molecule has 0 saturated carbocycles. The summed E-state index contributed by atoms with van der Waals surface area (Å²) in [4.78, 5) is 2.74.